The van der Waals surface area contributed by atoms with Gasteiger partial charge in [0.05, 0.1) is 27.9 Å². The van der Waals surface area contributed by atoms with Gasteiger partial charge in [-0.2, -0.15) is 0 Å². The van der Waals surface area contributed by atoms with E-state index in [9.17, 15) is 18.0 Å². The van der Waals surface area contributed by atoms with E-state index < -0.39 is 27.8 Å². The Morgan fingerprint density at radius 2 is 1.93 bits per heavy atom. The van der Waals surface area contributed by atoms with Gasteiger partial charge in [-0.05, 0) is 49.2 Å². The Hall–Kier alpha value is -2.38. The summed E-state index contributed by atoms with van der Waals surface area (Å²) in [5, 5.41) is 2.87. The van der Waals surface area contributed by atoms with Crippen LogP contribution in [0.15, 0.2) is 36.4 Å². The second kappa shape index (κ2) is 6.98. The molecule has 0 radical (unpaired) electrons. The van der Waals surface area contributed by atoms with Crippen LogP contribution in [0, 0.1) is 19.8 Å². The molecule has 1 fully saturated rings. The van der Waals surface area contributed by atoms with Crippen LogP contribution in [-0.2, 0) is 14.8 Å². The third-order valence-corrected chi connectivity index (χ3v) is 6.83. The summed E-state index contributed by atoms with van der Waals surface area (Å²) in [5.41, 5.74) is 2.99. The van der Waals surface area contributed by atoms with Crippen molar-refractivity contribution in [3.63, 3.8) is 0 Å². The van der Waals surface area contributed by atoms with Crippen molar-refractivity contribution in [3.05, 3.63) is 58.1 Å². The highest BCUT2D eigenvalue weighted by molar-refractivity contribution is 7.94. The van der Waals surface area contributed by atoms with Gasteiger partial charge < -0.3 is 5.32 Å². The molecule has 27 heavy (non-hydrogen) atoms. The van der Waals surface area contributed by atoms with Crippen LogP contribution < -0.4 is 9.62 Å². The molecule has 8 heteroatoms. The minimum absolute atomic E-state index is 0.0675. The van der Waals surface area contributed by atoms with Crippen LogP contribution in [0.1, 0.15) is 28.4 Å². The van der Waals surface area contributed by atoms with Crippen LogP contribution in [0.5, 0.6) is 0 Å². The van der Waals surface area contributed by atoms with Gasteiger partial charge in [-0.15, -0.1) is 0 Å². The van der Waals surface area contributed by atoms with E-state index in [0.717, 1.165) is 15.4 Å². The predicted octanol–water partition coefficient (Wildman–Crippen LogP) is 3.52. The number of hydrogen-bond donors (Lipinski definition) is 1. The van der Waals surface area contributed by atoms with Crippen molar-refractivity contribution in [2.24, 2.45) is 5.92 Å². The van der Waals surface area contributed by atoms with E-state index in [-0.39, 0.29) is 22.0 Å². The van der Waals surface area contributed by atoms with Gasteiger partial charge in [0.25, 0.3) is 5.91 Å². The van der Waals surface area contributed by atoms with Gasteiger partial charge in [-0.1, -0.05) is 30.7 Å². The average Bonchev–Trinajstić information content (AvgIpc) is 2.79. The summed E-state index contributed by atoms with van der Waals surface area (Å²) in [4.78, 5) is 24.8. The molecule has 6 nitrogen and oxygen atoms in total. The van der Waals surface area contributed by atoms with Crippen molar-refractivity contribution < 1.29 is 18.0 Å². The monoisotopic (exact) mass is 406 g/mol. The third-order valence-electron chi connectivity index (χ3n) is 4.65. The van der Waals surface area contributed by atoms with Gasteiger partial charge in [0.2, 0.25) is 15.9 Å². The number of carbonyl (C=O) groups excluding carboxylic acids is 2. The topological polar surface area (TPSA) is 83.6 Å². The molecule has 1 aliphatic rings. The van der Waals surface area contributed by atoms with Crippen LogP contribution in [-0.4, -0.2) is 26.0 Å². The third kappa shape index (κ3) is 3.57. The van der Waals surface area contributed by atoms with E-state index in [1.165, 1.54) is 18.2 Å². The molecule has 1 saturated heterocycles. The highest BCUT2D eigenvalue weighted by atomic mass is 35.5. The molecular formula is C19H19ClN2O4S. The van der Waals surface area contributed by atoms with E-state index in [2.05, 4.69) is 5.32 Å². The fraction of sp³-hybridized carbons (Fsp3) is 0.263. The van der Waals surface area contributed by atoms with Gasteiger partial charge in [0.1, 0.15) is 0 Å². The van der Waals surface area contributed by atoms with Gasteiger partial charge in [0.15, 0.2) is 0 Å². The highest BCUT2D eigenvalue weighted by Gasteiger charge is 2.42. The first kappa shape index (κ1) is 19.4. The quantitative estimate of drug-likeness (QED) is 0.845. The van der Waals surface area contributed by atoms with Crippen LogP contribution in [0.4, 0.5) is 11.4 Å². The smallest absolute Gasteiger partial charge is 0.257 e. The van der Waals surface area contributed by atoms with Crippen molar-refractivity contribution in [1.29, 1.82) is 0 Å². The molecule has 1 atom stereocenters. The second-order valence-corrected chi connectivity index (χ2v) is 8.92. The number of aryl methyl sites for hydroxylation is 1. The largest absolute Gasteiger partial charge is 0.322 e. The standard InChI is InChI=1S/C19H19ClN2O4S/c1-11-5-4-6-17(13(11)3)21-18(23)15-8-7-14(9-16(15)20)22-19(24)12(2)10-27(22,25)26/h4-9,12H,10H2,1-3H3,(H,21,23)/t12-/m1/s1. The molecule has 2 aromatic carbocycles. The zero-order valence-electron chi connectivity index (χ0n) is 15.1. The zero-order chi connectivity index (χ0) is 19.9. The highest BCUT2D eigenvalue weighted by Crippen LogP contribution is 2.31. The number of carbonyl (C=O) groups is 2. The van der Waals surface area contributed by atoms with Crippen LogP contribution in [0.3, 0.4) is 0 Å². The molecular weight excluding hydrogens is 388 g/mol. The summed E-state index contributed by atoms with van der Waals surface area (Å²) in [6.07, 6.45) is 0. The molecule has 1 N–H and O–H groups in total. The Kier molecular flexibility index (Phi) is 5.01. The summed E-state index contributed by atoms with van der Waals surface area (Å²) < 4.78 is 25.2. The molecule has 1 heterocycles. The first-order valence-corrected chi connectivity index (χ1v) is 10.3. The maximum Gasteiger partial charge on any atom is 0.257 e. The summed E-state index contributed by atoms with van der Waals surface area (Å²) in [6.45, 7) is 5.41. The molecule has 0 aliphatic carbocycles. The Morgan fingerprint density at radius 3 is 2.52 bits per heavy atom. The first-order valence-electron chi connectivity index (χ1n) is 8.36. The van der Waals surface area contributed by atoms with Gasteiger partial charge in [0, 0.05) is 5.69 Å². The fourth-order valence-corrected chi connectivity index (χ4v) is 5.05. The van der Waals surface area contributed by atoms with E-state index in [1.807, 2.05) is 26.0 Å². The molecule has 0 aromatic heterocycles. The molecule has 2 aromatic rings. The number of amides is 2. The lowest BCUT2D eigenvalue weighted by Gasteiger charge is -2.17. The zero-order valence-corrected chi connectivity index (χ0v) is 16.7. The molecule has 0 bridgehead atoms. The van der Waals surface area contributed by atoms with Crippen LogP contribution in [0.2, 0.25) is 5.02 Å². The molecule has 2 amide bonds. The van der Waals surface area contributed by atoms with Gasteiger partial charge >= 0.3 is 0 Å². The van der Waals surface area contributed by atoms with E-state index >= 15 is 0 Å². The molecule has 1 aliphatic heterocycles. The lowest BCUT2D eigenvalue weighted by molar-refractivity contribution is -0.119. The average molecular weight is 407 g/mol. The Bertz CT molecular complexity index is 1050. The fourth-order valence-electron chi connectivity index (χ4n) is 2.98. The minimum atomic E-state index is -3.72. The molecule has 3 rings (SSSR count). The lowest BCUT2D eigenvalue weighted by Crippen LogP contribution is -2.30. The van der Waals surface area contributed by atoms with Crippen molar-refractivity contribution in [3.8, 4) is 0 Å². The number of halogens is 1. The molecule has 0 unspecified atom stereocenters. The normalized spacial score (nSPS) is 18.6. The first-order chi connectivity index (χ1) is 12.6. The van der Waals surface area contributed by atoms with Crippen molar-refractivity contribution in [1.82, 2.24) is 0 Å². The minimum Gasteiger partial charge on any atom is -0.322 e. The van der Waals surface area contributed by atoms with E-state index in [4.69, 9.17) is 11.6 Å². The van der Waals surface area contributed by atoms with Crippen molar-refractivity contribution in [2.45, 2.75) is 20.8 Å². The Morgan fingerprint density at radius 1 is 1.22 bits per heavy atom. The Balaban J connectivity index is 1.90. The van der Waals surface area contributed by atoms with Crippen molar-refractivity contribution >= 4 is 44.8 Å². The van der Waals surface area contributed by atoms with Crippen LogP contribution >= 0.6 is 11.6 Å². The second-order valence-electron chi connectivity index (χ2n) is 6.65. The number of nitrogens with one attached hydrogen (secondary N) is 1. The number of nitrogens with zero attached hydrogens (tertiary/aromatic N) is 1. The summed E-state index contributed by atoms with van der Waals surface area (Å²) >= 11 is 6.22. The van der Waals surface area contributed by atoms with E-state index in [1.54, 1.807) is 13.0 Å². The molecule has 0 spiro atoms. The summed E-state index contributed by atoms with van der Waals surface area (Å²) in [5.74, 6) is -1.76. The van der Waals surface area contributed by atoms with Gasteiger partial charge in [-0.25, -0.2) is 12.7 Å². The molecule has 142 valence electrons. The maximum atomic E-state index is 12.6. The maximum absolute atomic E-state index is 12.6. The van der Waals surface area contributed by atoms with Crippen LogP contribution in [0.25, 0.3) is 0 Å². The summed E-state index contributed by atoms with van der Waals surface area (Å²) in [6, 6.07) is 9.74. The number of anilines is 2. The van der Waals surface area contributed by atoms with E-state index in [0.29, 0.717) is 5.69 Å². The van der Waals surface area contributed by atoms with Gasteiger partial charge in [-0.3, -0.25) is 9.59 Å². The predicted molar refractivity (Wildman–Crippen MR) is 106 cm³/mol. The number of rotatable bonds is 3. The number of hydrogen-bond acceptors (Lipinski definition) is 4. The number of sulfonamides is 1. The Labute approximate surface area is 163 Å². The summed E-state index contributed by atoms with van der Waals surface area (Å²) in [7, 11) is -3.72. The SMILES string of the molecule is Cc1cccc(NC(=O)c2ccc(N3C(=O)[C@H](C)CS3(=O)=O)cc2Cl)c1C. The lowest BCUT2D eigenvalue weighted by atomic mass is 10.1. The number of benzene rings is 2. The van der Waals surface area contributed by atoms with Crippen molar-refractivity contribution in [2.75, 3.05) is 15.4 Å². The molecule has 0 saturated carbocycles.